The van der Waals surface area contributed by atoms with Crippen LogP contribution < -0.4 is 9.64 Å². The van der Waals surface area contributed by atoms with Gasteiger partial charge in [0.15, 0.2) is 5.17 Å². The van der Waals surface area contributed by atoms with Gasteiger partial charge < -0.3 is 4.74 Å². The van der Waals surface area contributed by atoms with Crippen LogP contribution >= 0.6 is 23.4 Å². The summed E-state index contributed by atoms with van der Waals surface area (Å²) in [5, 5.41) is 1.37. The third-order valence-corrected chi connectivity index (χ3v) is 5.33. The zero-order valence-corrected chi connectivity index (χ0v) is 16.4. The molecule has 4 nitrogen and oxygen atoms in total. The summed E-state index contributed by atoms with van der Waals surface area (Å²) >= 11 is 7.58. The Labute approximate surface area is 163 Å². The van der Waals surface area contributed by atoms with Gasteiger partial charge in [-0.1, -0.05) is 35.5 Å². The number of nitrogens with zero attached hydrogens (tertiary/aromatic N) is 2. The van der Waals surface area contributed by atoms with Crippen LogP contribution in [0, 0.1) is 6.92 Å². The number of anilines is 1. The van der Waals surface area contributed by atoms with E-state index in [-0.39, 0.29) is 18.4 Å². The average Bonchev–Trinajstić information content (AvgIpc) is 3.03. The van der Waals surface area contributed by atoms with Crippen molar-refractivity contribution in [3.8, 4) is 5.75 Å². The molecule has 1 atom stereocenters. The highest BCUT2D eigenvalue weighted by Gasteiger charge is 2.26. The zero-order chi connectivity index (χ0) is 18.5. The van der Waals surface area contributed by atoms with Crippen LogP contribution in [0.1, 0.15) is 18.9 Å². The highest BCUT2D eigenvalue weighted by molar-refractivity contribution is 8.14. The second-order valence-corrected chi connectivity index (χ2v) is 7.62. The number of amides is 1. The number of benzene rings is 2. The Morgan fingerprint density at radius 3 is 2.73 bits per heavy atom. The number of halogens is 1. The molecule has 0 bridgehead atoms. The summed E-state index contributed by atoms with van der Waals surface area (Å²) in [5.41, 5.74) is 1.90. The van der Waals surface area contributed by atoms with Crippen molar-refractivity contribution in [3.05, 3.63) is 59.1 Å². The molecule has 1 heterocycles. The lowest BCUT2D eigenvalue weighted by Crippen LogP contribution is -2.35. The highest BCUT2D eigenvalue weighted by atomic mass is 35.5. The minimum Gasteiger partial charge on any atom is -0.493 e. The van der Waals surface area contributed by atoms with Gasteiger partial charge >= 0.3 is 0 Å². The lowest BCUT2D eigenvalue weighted by molar-refractivity contribution is -0.118. The maximum atomic E-state index is 12.9. The molecule has 136 valence electrons. The number of hydrogen-bond donors (Lipinski definition) is 0. The molecule has 2 aromatic rings. The Hall–Kier alpha value is -1.98. The molecule has 6 heteroatoms. The van der Waals surface area contributed by atoms with E-state index in [9.17, 15) is 4.79 Å². The predicted octanol–water partition coefficient (Wildman–Crippen LogP) is 4.94. The molecule has 1 aliphatic rings. The van der Waals surface area contributed by atoms with Crippen molar-refractivity contribution in [1.82, 2.24) is 0 Å². The summed E-state index contributed by atoms with van der Waals surface area (Å²) < 4.78 is 5.73. The number of aliphatic imine (C=N–C) groups is 1. The normalized spacial score (nSPS) is 16.3. The van der Waals surface area contributed by atoms with Crippen molar-refractivity contribution >= 4 is 40.1 Å². The second-order valence-electron chi connectivity index (χ2n) is 6.19. The second kappa shape index (κ2) is 8.60. The molecule has 1 amide bonds. The molecule has 1 aliphatic heterocycles. The Morgan fingerprint density at radius 2 is 2.08 bits per heavy atom. The van der Waals surface area contributed by atoms with Gasteiger partial charge in [-0.2, -0.15) is 0 Å². The number of hydrogen-bond acceptors (Lipinski definition) is 4. The fourth-order valence-electron chi connectivity index (χ4n) is 2.60. The maximum absolute atomic E-state index is 12.9. The van der Waals surface area contributed by atoms with E-state index in [0.717, 1.165) is 27.9 Å². The number of aryl methyl sites for hydroxylation is 1. The van der Waals surface area contributed by atoms with Crippen molar-refractivity contribution < 1.29 is 9.53 Å². The molecule has 3 rings (SSSR count). The fraction of sp³-hybridized carbons (Fsp3) is 0.300. The van der Waals surface area contributed by atoms with Crippen molar-refractivity contribution in [2.24, 2.45) is 4.99 Å². The molecule has 0 aliphatic carbocycles. The van der Waals surface area contributed by atoms with Crippen LogP contribution in [0.2, 0.25) is 5.02 Å². The first-order valence-corrected chi connectivity index (χ1v) is 9.88. The Kier molecular flexibility index (Phi) is 6.22. The van der Waals surface area contributed by atoms with Gasteiger partial charge in [-0.05, 0) is 55.8 Å². The van der Waals surface area contributed by atoms with Gasteiger partial charge in [0.25, 0.3) is 0 Å². The monoisotopic (exact) mass is 388 g/mol. The molecule has 0 saturated carbocycles. The van der Waals surface area contributed by atoms with Gasteiger partial charge in [0.1, 0.15) is 5.75 Å². The molecule has 0 fully saturated rings. The lowest BCUT2D eigenvalue weighted by Gasteiger charge is -2.22. The summed E-state index contributed by atoms with van der Waals surface area (Å²) in [7, 11) is 0. The van der Waals surface area contributed by atoms with Crippen LogP contribution in [-0.2, 0) is 4.79 Å². The molecule has 0 radical (unpaired) electrons. The van der Waals surface area contributed by atoms with Crippen LogP contribution in [0.3, 0.4) is 0 Å². The summed E-state index contributed by atoms with van der Waals surface area (Å²) in [6.45, 7) is 4.38. The van der Waals surface area contributed by atoms with Crippen molar-refractivity contribution in [1.29, 1.82) is 0 Å². The number of carbonyl (C=O) groups is 1. The molecule has 2 aromatic carbocycles. The van der Waals surface area contributed by atoms with E-state index in [4.69, 9.17) is 16.3 Å². The Morgan fingerprint density at radius 1 is 1.31 bits per heavy atom. The van der Waals surface area contributed by atoms with E-state index in [1.807, 2.05) is 50.2 Å². The average molecular weight is 389 g/mol. The number of thioether (sulfide) groups is 1. The highest BCUT2D eigenvalue weighted by Crippen LogP contribution is 2.27. The predicted molar refractivity (Wildman–Crippen MR) is 110 cm³/mol. The van der Waals surface area contributed by atoms with Gasteiger partial charge in [-0.25, -0.2) is 0 Å². The number of rotatable bonds is 5. The topological polar surface area (TPSA) is 41.9 Å². The molecule has 0 unspecified atom stereocenters. The molecule has 0 N–H and O–H groups in total. The van der Waals surface area contributed by atoms with E-state index < -0.39 is 0 Å². The van der Waals surface area contributed by atoms with Gasteiger partial charge in [0.2, 0.25) is 5.91 Å². The van der Waals surface area contributed by atoms with E-state index in [2.05, 4.69) is 4.99 Å². The van der Waals surface area contributed by atoms with Crippen LogP contribution in [0.4, 0.5) is 5.69 Å². The first-order chi connectivity index (χ1) is 12.5. The minimum absolute atomic E-state index is 0.0414. The SMILES string of the molecule is Cc1cccc(OCCC(=O)N(C2=N[C@@H](C)CS2)c2ccc(Cl)cc2)c1. The first-order valence-electron chi connectivity index (χ1n) is 8.51. The maximum Gasteiger partial charge on any atom is 0.236 e. The first kappa shape index (κ1) is 18.8. The number of carbonyl (C=O) groups excluding carboxylic acids is 1. The fourth-order valence-corrected chi connectivity index (χ4v) is 3.79. The molecular weight excluding hydrogens is 368 g/mol. The summed E-state index contributed by atoms with van der Waals surface area (Å²) in [6.07, 6.45) is 0.268. The van der Waals surface area contributed by atoms with Gasteiger partial charge in [-0.15, -0.1) is 0 Å². The van der Waals surface area contributed by atoms with Crippen LogP contribution in [0.5, 0.6) is 5.75 Å². The Bertz CT molecular complexity index is 808. The molecule has 26 heavy (non-hydrogen) atoms. The molecule has 0 aromatic heterocycles. The van der Waals surface area contributed by atoms with Gasteiger partial charge in [0, 0.05) is 10.8 Å². The van der Waals surface area contributed by atoms with E-state index >= 15 is 0 Å². The van der Waals surface area contributed by atoms with Gasteiger partial charge in [-0.3, -0.25) is 14.7 Å². The third-order valence-electron chi connectivity index (χ3n) is 3.88. The summed E-state index contributed by atoms with van der Waals surface area (Å²) in [4.78, 5) is 19.2. The van der Waals surface area contributed by atoms with E-state index in [1.165, 1.54) is 0 Å². The lowest BCUT2D eigenvalue weighted by atomic mass is 10.2. The van der Waals surface area contributed by atoms with Gasteiger partial charge in [0.05, 0.1) is 24.8 Å². The van der Waals surface area contributed by atoms with Crippen LogP contribution in [-0.4, -0.2) is 29.5 Å². The van der Waals surface area contributed by atoms with Crippen LogP contribution in [0.25, 0.3) is 0 Å². The molecule has 0 spiro atoms. The van der Waals surface area contributed by atoms with Crippen molar-refractivity contribution in [3.63, 3.8) is 0 Å². The number of ether oxygens (including phenoxy) is 1. The van der Waals surface area contributed by atoms with Crippen molar-refractivity contribution in [2.75, 3.05) is 17.3 Å². The smallest absolute Gasteiger partial charge is 0.236 e. The number of amidine groups is 1. The molecular formula is C20H21ClN2O2S. The third kappa shape index (κ3) is 4.80. The standard InChI is InChI=1S/C20H21ClN2O2S/c1-14-4-3-5-18(12-14)25-11-10-19(24)23(20-22-15(2)13-26-20)17-8-6-16(21)7-9-17/h3-9,12,15H,10-11,13H2,1-2H3/t15-/m0/s1. The largest absolute Gasteiger partial charge is 0.493 e. The summed E-state index contributed by atoms with van der Waals surface area (Å²) in [6, 6.07) is 15.3. The summed E-state index contributed by atoms with van der Waals surface area (Å²) in [5.74, 6) is 1.62. The minimum atomic E-state index is -0.0414. The van der Waals surface area contributed by atoms with E-state index in [0.29, 0.717) is 11.6 Å². The van der Waals surface area contributed by atoms with E-state index in [1.54, 1.807) is 28.8 Å². The molecule has 0 saturated heterocycles. The van der Waals surface area contributed by atoms with Crippen LogP contribution in [0.15, 0.2) is 53.5 Å². The van der Waals surface area contributed by atoms with Crippen molar-refractivity contribution in [2.45, 2.75) is 26.3 Å². The Balaban J connectivity index is 1.70. The zero-order valence-electron chi connectivity index (χ0n) is 14.8. The quantitative estimate of drug-likeness (QED) is 0.728.